The summed E-state index contributed by atoms with van der Waals surface area (Å²) in [5, 5.41) is 2.75. The number of carbonyl (C=O) groups is 1. The second-order valence-corrected chi connectivity index (χ2v) is 3.90. The van der Waals surface area contributed by atoms with Crippen molar-refractivity contribution in [2.45, 2.75) is 12.8 Å². The van der Waals surface area contributed by atoms with E-state index < -0.39 is 0 Å². The average Bonchev–Trinajstić information content (AvgIpc) is 2.41. The van der Waals surface area contributed by atoms with Gasteiger partial charge < -0.3 is 20.5 Å². The van der Waals surface area contributed by atoms with Gasteiger partial charge >= 0.3 is 0 Å². The zero-order valence-corrected chi connectivity index (χ0v) is 11.1. The SMILES string of the molecule is COCCOCCCCNC(=O)c1cncc(N)n1. The molecule has 7 nitrogen and oxygen atoms in total. The molecule has 106 valence electrons. The molecule has 3 N–H and O–H groups in total. The summed E-state index contributed by atoms with van der Waals surface area (Å²) in [6, 6.07) is 0. The van der Waals surface area contributed by atoms with Crippen LogP contribution < -0.4 is 11.1 Å². The molecule has 7 heteroatoms. The minimum Gasteiger partial charge on any atom is -0.382 e. The second kappa shape index (κ2) is 9.23. The molecule has 1 rings (SSSR count). The predicted octanol–water partition coefficient (Wildman–Crippen LogP) is 0.232. The highest BCUT2D eigenvalue weighted by molar-refractivity contribution is 5.92. The van der Waals surface area contributed by atoms with Gasteiger partial charge in [0.15, 0.2) is 0 Å². The van der Waals surface area contributed by atoms with Crippen LogP contribution >= 0.6 is 0 Å². The average molecular weight is 268 g/mol. The highest BCUT2D eigenvalue weighted by Crippen LogP contribution is 1.97. The molecule has 1 aromatic rings. The van der Waals surface area contributed by atoms with E-state index in [1.54, 1.807) is 7.11 Å². The number of hydrogen-bond acceptors (Lipinski definition) is 6. The van der Waals surface area contributed by atoms with Gasteiger partial charge in [0.05, 0.1) is 25.6 Å². The maximum absolute atomic E-state index is 11.7. The third kappa shape index (κ3) is 6.68. The second-order valence-electron chi connectivity index (χ2n) is 3.90. The number of amides is 1. The lowest BCUT2D eigenvalue weighted by Crippen LogP contribution is -2.26. The monoisotopic (exact) mass is 268 g/mol. The van der Waals surface area contributed by atoms with Crippen molar-refractivity contribution in [3.63, 3.8) is 0 Å². The fourth-order valence-electron chi connectivity index (χ4n) is 1.36. The Kier molecular flexibility index (Phi) is 7.45. The molecular weight excluding hydrogens is 248 g/mol. The van der Waals surface area contributed by atoms with Crippen molar-refractivity contribution in [1.29, 1.82) is 0 Å². The van der Waals surface area contributed by atoms with Gasteiger partial charge in [0.25, 0.3) is 5.91 Å². The molecule has 0 saturated heterocycles. The summed E-state index contributed by atoms with van der Waals surface area (Å²) in [5.41, 5.74) is 5.68. The van der Waals surface area contributed by atoms with E-state index in [0.717, 1.165) is 12.8 Å². The van der Waals surface area contributed by atoms with Gasteiger partial charge in [-0.1, -0.05) is 0 Å². The summed E-state index contributed by atoms with van der Waals surface area (Å²) in [7, 11) is 1.64. The number of aromatic nitrogens is 2. The van der Waals surface area contributed by atoms with Crippen LogP contribution in [0.1, 0.15) is 23.3 Å². The molecule has 0 aromatic carbocycles. The molecule has 0 aliphatic carbocycles. The van der Waals surface area contributed by atoms with Gasteiger partial charge in [0, 0.05) is 20.3 Å². The number of nitrogens with zero attached hydrogens (tertiary/aromatic N) is 2. The van der Waals surface area contributed by atoms with E-state index in [4.69, 9.17) is 15.2 Å². The van der Waals surface area contributed by atoms with Gasteiger partial charge in [0.1, 0.15) is 11.5 Å². The van der Waals surface area contributed by atoms with Crippen molar-refractivity contribution < 1.29 is 14.3 Å². The van der Waals surface area contributed by atoms with E-state index in [2.05, 4.69) is 15.3 Å². The Balaban J connectivity index is 2.08. The Morgan fingerprint density at radius 2 is 2.16 bits per heavy atom. The largest absolute Gasteiger partial charge is 0.382 e. The van der Waals surface area contributed by atoms with Gasteiger partial charge in [-0.05, 0) is 12.8 Å². The minimum atomic E-state index is -0.264. The van der Waals surface area contributed by atoms with Crippen LogP contribution in [0, 0.1) is 0 Å². The van der Waals surface area contributed by atoms with E-state index in [1.165, 1.54) is 12.4 Å². The Labute approximate surface area is 112 Å². The quantitative estimate of drug-likeness (QED) is 0.622. The summed E-state index contributed by atoms with van der Waals surface area (Å²) in [6.07, 6.45) is 4.51. The number of nitrogens with one attached hydrogen (secondary N) is 1. The Morgan fingerprint density at radius 3 is 2.89 bits per heavy atom. The molecule has 0 fully saturated rings. The zero-order chi connectivity index (χ0) is 13.9. The third-order valence-corrected chi connectivity index (χ3v) is 2.32. The number of carbonyl (C=O) groups excluding carboxylic acids is 1. The van der Waals surface area contributed by atoms with Gasteiger partial charge in [-0.15, -0.1) is 0 Å². The molecule has 1 heterocycles. The fraction of sp³-hybridized carbons (Fsp3) is 0.583. The molecule has 0 saturated carbocycles. The first kappa shape index (κ1) is 15.3. The number of rotatable bonds is 9. The summed E-state index contributed by atoms with van der Waals surface area (Å²) >= 11 is 0. The highest BCUT2D eigenvalue weighted by atomic mass is 16.5. The van der Waals surface area contributed by atoms with Crippen molar-refractivity contribution in [2.75, 3.05) is 39.2 Å². The normalized spacial score (nSPS) is 10.4. The number of methoxy groups -OCH3 is 1. The van der Waals surface area contributed by atoms with Crippen LogP contribution in [-0.2, 0) is 9.47 Å². The smallest absolute Gasteiger partial charge is 0.271 e. The Bertz CT molecular complexity index is 387. The van der Waals surface area contributed by atoms with Gasteiger partial charge in [0.2, 0.25) is 0 Å². The van der Waals surface area contributed by atoms with Crippen LogP contribution in [0.5, 0.6) is 0 Å². The lowest BCUT2D eigenvalue weighted by molar-refractivity contribution is 0.0686. The minimum absolute atomic E-state index is 0.233. The lowest BCUT2D eigenvalue weighted by atomic mass is 10.3. The third-order valence-electron chi connectivity index (χ3n) is 2.32. The molecule has 0 spiro atoms. The molecule has 0 atom stereocenters. The summed E-state index contributed by atoms with van der Waals surface area (Å²) in [4.78, 5) is 19.4. The topological polar surface area (TPSA) is 99.4 Å². The number of hydrogen-bond donors (Lipinski definition) is 2. The van der Waals surface area contributed by atoms with E-state index in [1.807, 2.05) is 0 Å². The predicted molar refractivity (Wildman–Crippen MR) is 70.7 cm³/mol. The van der Waals surface area contributed by atoms with Crippen molar-refractivity contribution in [1.82, 2.24) is 15.3 Å². The molecule has 0 bridgehead atoms. The van der Waals surface area contributed by atoms with Crippen molar-refractivity contribution in [3.05, 3.63) is 18.1 Å². The van der Waals surface area contributed by atoms with Crippen LogP contribution in [0.15, 0.2) is 12.4 Å². The maximum Gasteiger partial charge on any atom is 0.271 e. The van der Waals surface area contributed by atoms with Gasteiger partial charge in [-0.2, -0.15) is 0 Å². The lowest BCUT2D eigenvalue weighted by Gasteiger charge is -2.05. The first-order valence-corrected chi connectivity index (χ1v) is 6.16. The molecule has 0 unspecified atom stereocenters. The van der Waals surface area contributed by atoms with Crippen LogP contribution in [0.25, 0.3) is 0 Å². The number of nitrogens with two attached hydrogens (primary N) is 1. The molecule has 0 aliphatic rings. The Morgan fingerprint density at radius 1 is 1.32 bits per heavy atom. The first-order valence-electron chi connectivity index (χ1n) is 6.16. The van der Waals surface area contributed by atoms with Crippen LogP contribution in [0.3, 0.4) is 0 Å². The van der Waals surface area contributed by atoms with E-state index in [9.17, 15) is 4.79 Å². The van der Waals surface area contributed by atoms with Crippen LogP contribution in [0.2, 0.25) is 0 Å². The number of ether oxygens (including phenoxy) is 2. The summed E-state index contributed by atoms with van der Waals surface area (Å²) in [6.45, 7) is 2.44. The maximum atomic E-state index is 11.7. The van der Waals surface area contributed by atoms with Gasteiger partial charge in [-0.25, -0.2) is 4.98 Å². The van der Waals surface area contributed by atoms with E-state index >= 15 is 0 Å². The molecule has 0 aliphatic heterocycles. The molecule has 0 radical (unpaired) electrons. The number of anilines is 1. The molecular formula is C12H20N4O3. The van der Waals surface area contributed by atoms with E-state index in [0.29, 0.717) is 26.4 Å². The summed E-state index contributed by atoms with van der Waals surface area (Å²) < 4.78 is 10.2. The van der Waals surface area contributed by atoms with Crippen LogP contribution in [0.4, 0.5) is 5.82 Å². The number of unbranched alkanes of at least 4 members (excludes halogenated alkanes) is 1. The standard InChI is InChI=1S/C12H20N4O3/c1-18-6-7-19-5-3-2-4-15-12(17)10-8-14-9-11(13)16-10/h8-9H,2-7H2,1H3,(H2,13,16)(H,15,17). The van der Waals surface area contributed by atoms with Gasteiger partial charge in [-0.3, -0.25) is 9.78 Å². The molecule has 1 amide bonds. The Hall–Kier alpha value is -1.73. The van der Waals surface area contributed by atoms with Crippen molar-refractivity contribution in [3.8, 4) is 0 Å². The molecule has 19 heavy (non-hydrogen) atoms. The van der Waals surface area contributed by atoms with E-state index in [-0.39, 0.29) is 17.4 Å². The summed E-state index contributed by atoms with van der Waals surface area (Å²) in [5.74, 6) is -0.0284. The number of nitrogen functional groups attached to an aromatic ring is 1. The molecule has 1 aromatic heterocycles. The van der Waals surface area contributed by atoms with Crippen molar-refractivity contribution >= 4 is 11.7 Å². The van der Waals surface area contributed by atoms with Crippen molar-refractivity contribution in [2.24, 2.45) is 0 Å². The fourth-order valence-corrected chi connectivity index (χ4v) is 1.36. The first-order chi connectivity index (χ1) is 9.24. The zero-order valence-electron chi connectivity index (χ0n) is 11.1. The van der Waals surface area contributed by atoms with Crippen LogP contribution in [-0.4, -0.2) is 49.4 Å². The highest BCUT2D eigenvalue weighted by Gasteiger charge is 2.06.